The number of rotatable bonds is 6. The van der Waals surface area contributed by atoms with Crippen LogP contribution in [0.15, 0.2) is 24.3 Å². The van der Waals surface area contributed by atoms with Crippen molar-refractivity contribution in [3.63, 3.8) is 0 Å². The molecular weight excluding hydrogens is 292 g/mol. The maximum atomic E-state index is 11.2. The Bertz CT molecular complexity index is 477. The molecule has 0 bridgehead atoms. The van der Waals surface area contributed by atoms with Crippen LogP contribution in [0.5, 0.6) is 5.75 Å². The number of methoxy groups -OCH3 is 1. The first kappa shape index (κ1) is 19.2. The van der Waals surface area contributed by atoms with E-state index in [4.69, 9.17) is 4.74 Å². The third kappa shape index (κ3) is 7.79. The van der Waals surface area contributed by atoms with Gasteiger partial charge in [-0.1, -0.05) is 18.6 Å². The molecule has 1 heterocycles. The van der Waals surface area contributed by atoms with Crippen LogP contribution in [-0.4, -0.2) is 50.9 Å². The highest BCUT2D eigenvalue weighted by Crippen LogP contribution is 2.12. The number of nitrogens with one attached hydrogen (secondary N) is 1. The quantitative estimate of drug-likeness (QED) is 0.815. The summed E-state index contributed by atoms with van der Waals surface area (Å²) in [6.45, 7) is 2.05. The highest BCUT2D eigenvalue weighted by molar-refractivity contribution is 5.78. The van der Waals surface area contributed by atoms with Crippen molar-refractivity contribution in [1.82, 2.24) is 10.2 Å². The topological polar surface area (TPSA) is 58.6 Å². The fraction of sp³-hybridized carbons (Fsp3) is 0.556. The normalized spacial score (nSPS) is 14.5. The van der Waals surface area contributed by atoms with Gasteiger partial charge in [0.25, 0.3) is 0 Å². The first-order valence-electron chi connectivity index (χ1n) is 8.20. The standard InChI is InChI=1S/C10H15NO.C8H13NO2/c1-11-7-6-9-4-3-5-10(8-9)12-2;10-7-6-9-5-3-1-2-4-8(9)11/h3-5,8,11H,6-7H2,1-2H3;7H,1-6H2. The van der Waals surface area contributed by atoms with Crippen LogP contribution in [-0.2, 0) is 16.0 Å². The third-order valence-corrected chi connectivity index (χ3v) is 3.76. The number of ether oxygens (including phenoxy) is 1. The molecule has 1 aromatic carbocycles. The maximum absolute atomic E-state index is 11.2. The Labute approximate surface area is 139 Å². The van der Waals surface area contributed by atoms with Crippen molar-refractivity contribution in [1.29, 1.82) is 0 Å². The Kier molecular flexibility index (Phi) is 9.71. The monoisotopic (exact) mass is 320 g/mol. The van der Waals surface area contributed by atoms with Crippen molar-refractivity contribution in [3.8, 4) is 5.75 Å². The lowest BCUT2D eigenvalue weighted by Crippen LogP contribution is -2.31. The average molecular weight is 320 g/mol. The number of amides is 1. The van der Waals surface area contributed by atoms with Gasteiger partial charge in [-0.05, 0) is 50.6 Å². The molecule has 0 radical (unpaired) electrons. The molecule has 0 aromatic heterocycles. The summed E-state index contributed by atoms with van der Waals surface area (Å²) in [6, 6.07) is 8.16. The molecular formula is C18H28N2O3. The van der Waals surface area contributed by atoms with Crippen LogP contribution in [0.25, 0.3) is 0 Å². The zero-order chi connectivity index (χ0) is 16.9. The van der Waals surface area contributed by atoms with Crippen LogP contribution >= 0.6 is 0 Å². The molecule has 0 aliphatic carbocycles. The van der Waals surface area contributed by atoms with Gasteiger partial charge >= 0.3 is 0 Å². The van der Waals surface area contributed by atoms with Crippen LogP contribution in [0, 0.1) is 0 Å². The summed E-state index contributed by atoms with van der Waals surface area (Å²) in [7, 11) is 3.65. The molecule has 0 saturated carbocycles. The highest BCUT2D eigenvalue weighted by atomic mass is 16.5. The second-order valence-electron chi connectivity index (χ2n) is 5.52. The number of hydrogen-bond donors (Lipinski definition) is 1. The number of carbonyl (C=O) groups is 2. The van der Waals surface area contributed by atoms with E-state index < -0.39 is 0 Å². The van der Waals surface area contributed by atoms with Crippen molar-refractivity contribution in [2.45, 2.75) is 32.1 Å². The van der Waals surface area contributed by atoms with Crippen LogP contribution in [0.1, 0.15) is 31.2 Å². The fourth-order valence-electron chi connectivity index (χ4n) is 2.42. The lowest BCUT2D eigenvalue weighted by atomic mass is 10.1. The highest BCUT2D eigenvalue weighted by Gasteiger charge is 2.14. The van der Waals surface area contributed by atoms with Crippen molar-refractivity contribution in [2.75, 3.05) is 33.8 Å². The molecule has 0 spiro atoms. The molecule has 2 rings (SSSR count). The lowest BCUT2D eigenvalue weighted by molar-refractivity contribution is -0.132. The molecule has 1 fully saturated rings. The molecule has 1 amide bonds. The minimum Gasteiger partial charge on any atom is -0.497 e. The number of likely N-dealkylation sites (tertiary alicyclic amines) is 1. The molecule has 5 nitrogen and oxygen atoms in total. The first-order valence-corrected chi connectivity index (χ1v) is 8.20. The summed E-state index contributed by atoms with van der Waals surface area (Å²) in [6.07, 6.45) is 5.60. The predicted molar refractivity (Wildman–Crippen MR) is 91.7 cm³/mol. The Morgan fingerprint density at radius 1 is 1.30 bits per heavy atom. The number of nitrogens with zero attached hydrogens (tertiary/aromatic N) is 1. The van der Waals surface area contributed by atoms with Crippen molar-refractivity contribution in [2.24, 2.45) is 0 Å². The molecule has 23 heavy (non-hydrogen) atoms. The van der Waals surface area contributed by atoms with Gasteiger partial charge in [-0.15, -0.1) is 0 Å². The summed E-state index contributed by atoms with van der Waals surface area (Å²) >= 11 is 0. The minimum absolute atomic E-state index is 0.134. The molecule has 128 valence electrons. The van der Waals surface area contributed by atoms with Crippen LogP contribution in [0.2, 0.25) is 0 Å². The molecule has 1 saturated heterocycles. The van der Waals surface area contributed by atoms with E-state index in [1.165, 1.54) is 5.56 Å². The summed E-state index contributed by atoms with van der Waals surface area (Å²) in [4.78, 5) is 22.9. The molecule has 1 N–H and O–H groups in total. The second kappa shape index (κ2) is 11.7. The Morgan fingerprint density at radius 3 is 2.83 bits per heavy atom. The number of carbonyl (C=O) groups excluding carboxylic acids is 2. The van der Waals surface area contributed by atoms with E-state index in [1.807, 2.05) is 19.2 Å². The van der Waals surface area contributed by atoms with E-state index in [1.54, 1.807) is 12.0 Å². The summed E-state index contributed by atoms with van der Waals surface area (Å²) in [5, 5.41) is 3.11. The first-order chi connectivity index (χ1) is 11.2. The van der Waals surface area contributed by atoms with Gasteiger partial charge in [0, 0.05) is 13.0 Å². The Hall–Kier alpha value is -1.88. The number of benzene rings is 1. The van der Waals surface area contributed by atoms with E-state index in [0.29, 0.717) is 6.42 Å². The van der Waals surface area contributed by atoms with Gasteiger partial charge in [-0.3, -0.25) is 4.79 Å². The zero-order valence-electron chi connectivity index (χ0n) is 14.2. The largest absolute Gasteiger partial charge is 0.497 e. The average Bonchev–Trinajstić information content (AvgIpc) is 2.79. The fourth-order valence-corrected chi connectivity index (χ4v) is 2.42. The van der Waals surface area contributed by atoms with Crippen LogP contribution in [0.3, 0.4) is 0 Å². The van der Waals surface area contributed by atoms with Crippen LogP contribution < -0.4 is 10.1 Å². The van der Waals surface area contributed by atoms with Crippen LogP contribution in [0.4, 0.5) is 0 Å². The van der Waals surface area contributed by atoms with Crippen molar-refractivity contribution < 1.29 is 14.3 Å². The Balaban J connectivity index is 0.000000231. The van der Waals surface area contributed by atoms with Gasteiger partial charge in [0.1, 0.15) is 12.0 Å². The molecule has 5 heteroatoms. The van der Waals surface area contributed by atoms with E-state index >= 15 is 0 Å². The maximum Gasteiger partial charge on any atom is 0.222 e. The van der Waals surface area contributed by atoms with Gasteiger partial charge in [0.05, 0.1) is 13.7 Å². The molecule has 1 aromatic rings. The van der Waals surface area contributed by atoms with E-state index in [9.17, 15) is 9.59 Å². The minimum atomic E-state index is 0.134. The molecule has 0 atom stereocenters. The van der Waals surface area contributed by atoms with Crippen molar-refractivity contribution >= 4 is 12.2 Å². The second-order valence-corrected chi connectivity index (χ2v) is 5.52. The van der Waals surface area contributed by atoms with Gasteiger partial charge < -0.3 is 19.7 Å². The van der Waals surface area contributed by atoms with Gasteiger partial charge in [0.15, 0.2) is 0 Å². The SMILES string of the molecule is CNCCc1cccc(OC)c1.O=CCN1CCCCCC1=O. The van der Waals surface area contributed by atoms with E-state index in [2.05, 4.69) is 17.4 Å². The Morgan fingerprint density at radius 2 is 2.13 bits per heavy atom. The summed E-state index contributed by atoms with van der Waals surface area (Å²) in [5.41, 5.74) is 1.31. The number of hydrogen-bond acceptors (Lipinski definition) is 4. The lowest BCUT2D eigenvalue weighted by Gasteiger charge is -2.16. The summed E-state index contributed by atoms with van der Waals surface area (Å²) < 4.78 is 5.11. The molecule has 0 unspecified atom stereocenters. The van der Waals surface area contributed by atoms with E-state index in [-0.39, 0.29) is 12.5 Å². The molecule has 1 aliphatic heterocycles. The van der Waals surface area contributed by atoms with Gasteiger partial charge in [0.2, 0.25) is 5.91 Å². The predicted octanol–water partition coefficient (Wildman–Crippen LogP) is 2.04. The van der Waals surface area contributed by atoms with Gasteiger partial charge in [-0.25, -0.2) is 0 Å². The summed E-state index contributed by atoms with van der Waals surface area (Å²) in [5.74, 6) is 1.07. The van der Waals surface area contributed by atoms with E-state index in [0.717, 1.165) is 50.8 Å². The smallest absolute Gasteiger partial charge is 0.222 e. The number of aldehydes is 1. The zero-order valence-corrected chi connectivity index (χ0v) is 14.2. The van der Waals surface area contributed by atoms with Crippen molar-refractivity contribution in [3.05, 3.63) is 29.8 Å². The van der Waals surface area contributed by atoms with Gasteiger partial charge in [-0.2, -0.15) is 0 Å². The number of likely N-dealkylation sites (N-methyl/N-ethyl adjacent to an activating group) is 1. The third-order valence-electron chi connectivity index (χ3n) is 3.76. The molecule has 1 aliphatic rings.